The van der Waals surface area contributed by atoms with Crippen LogP contribution in [-0.2, 0) is 14.8 Å². The van der Waals surface area contributed by atoms with Crippen LogP contribution in [0.1, 0.15) is 31.3 Å². The van der Waals surface area contributed by atoms with Gasteiger partial charge in [-0.15, -0.1) is 10.2 Å². The lowest BCUT2D eigenvalue weighted by Crippen LogP contribution is -2.33. The quantitative estimate of drug-likeness (QED) is 0.267. The van der Waals surface area contributed by atoms with Crippen LogP contribution in [-0.4, -0.2) is 71.3 Å². The largest absolute Gasteiger partial charge is 0.494 e. The number of sulfonamides is 1. The Hall–Kier alpha value is -4.30. The lowest BCUT2D eigenvalue weighted by molar-refractivity contribution is 0.0588. The first kappa shape index (κ1) is 28.7. The van der Waals surface area contributed by atoms with Gasteiger partial charge >= 0.3 is 0 Å². The zero-order chi connectivity index (χ0) is 28.9. The fraction of sp³-hybridized carbons (Fsp3) is 0.346. The molecule has 0 aliphatic rings. The van der Waals surface area contributed by atoms with E-state index in [1.165, 1.54) is 39.0 Å². The molecule has 1 aromatic carbocycles. The Morgan fingerprint density at radius 3 is 2.25 bits per heavy atom. The zero-order valence-corrected chi connectivity index (χ0v) is 23.8. The summed E-state index contributed by atoms with van der Waals surface area (Å²) in [5, 5.41) is 7.39. The Bertz CT molecular complexity index is 1540. The van der Waals surface area contributed by atoms with Gasteiger partial charge < -0.3 is 18.9 Å². The number of para-hydroxylation sites is 1. The third-order valence-electron chi connectivity index (χ3n) is 6.04. The predicted molar refractivity (Wildman–Crippen MR) is 147 cm³/mol. The van der Waals surface area contributed by atoms with Gasteiger partial charge in [0.15, 0.2) is 5.82 Å². The van der Waals surface area contributed by atoms with Crippen molar-refractivity contribution in [1.82, 2.24) is 29.7 Å². The van der Waals surface area contributed by atoms with Gasteiger partial charge in [0.05, 0.1) is 38.9 Å². The molecule has 0 unspecified atom stereocenters. The van der Waals surface area contributed by atoms with Crippen molar-refractivity contribution < 1.29 is 27.4 Å². The number of hydrogen-bond acceptors (Lipinski definition) is 11. The number of hydrogen-bond donors (Lipinski definition) is 1. The second-order valence-corrected chi connectivity index (χ2v) is 10.6. The van der Waals surface area contributed by atoms with E-state index in [-0.39, 0.29) is 18.4 Å². The topological polar surface area (TPSA) is 152 Å². The number of pyridine rings is 1. The van der Waals surface area contributed by atoms with Crippen molar-refractivity contribution in [1.29, 1.82) is 0 Å². The molecule has 212 valence electrons. The Kier molecular flexibility index (Phi) is 8.80. The number of methoxy groups -OCH3 is 3. The molecular formula is C26H31N7O6S. The molecule has 0 radical (unpaired) electrons. The molecule has 3 heterocycles. The highest BCUT2D eigenvalue weighted by Gasteiger charge is 2.35. The van der Waals surface area contributed by atoms with Crippen molar-refractivity contribution in [2.45, 2.75) is 32.1 Å². The number of ether oxygens (including phenoxy) is 4. The Labute approximate surface area is 232 Å². The van der Waals surface area contributed by atoms with Crippen molar-refractivity contribution in [2.24, 2.45) is 0 Å². The van der Waals surface area contributed by atoms with E-state index in [2.05, 4.69) is 29.9 Å². The van der Waals surface area contributed by atoms with Crippen LogP contribution >= 0.6 is 0 Å². The molecule has 0 fully saturated rings. The van der Waals surface area contributed by atoms with E-state index in [0.717, 1.165) is 0 Å². The van der Waals surface area contributed by atoms with Gasteiger partial charge in [-0.25, -0.2) is 13.4 Å². The molecule has 0 aliphatic heterocycles. The Balaban J connectivity index is 1.85. The number of benzene rings is 1. The highest BCUT2D eigenvalue weighted by molar-refractivity contribution is 7.93. The lowest BCUT2D eigenvalue weighted by Gasteiger charge is -2.24. The van der Waals surface area contributed by atoms with Crippen molar-refractivity contribution in [2.75, 3.05) is 32.7 Å². The number of aromatic nitrogens is 6. The molecule has 13 nitrogen and oxygen atoms in total. The summed E-state index contributed by atoms with van der Waals surface area (Å²) >= 11 is 0. The molecule has 0 bridgehead atoms. The Morgan fingerprint density at radius 2 is 1.65 bits per heavy atom. The fourth-order valence-corrected chi connectivity index (χ4v) is 5.12. The summed E-state index contributed by atoms with van der Waals surface area (Å²) in [7, 11) is 0.344. The summed E-state index contributed by atoms with van der Waals surface area (Å²) in [4.78, 5) is 13.1. The molecule has 0 saturated carbocycles. The van der Waals surface area contributed by atoms with Gasteiger partial charge in [-0.3, -0.25) is 19.3 Å². The number of rotatable bonds is 12. The molecule has 0 spiro atoms. The first-order valence-electron chi connectivity index (χ1n) is 12.3. The van der Waals surface area contributed by atoms with E-state index in [0.29, 0.717) is 40.1 Å². The van der Waals surface area contributed by atoms with Gasteiger partial charge in [0.25, 0.3) is 0 Å². The van der Waals surface area contributed by atoms with Crippen LogP contribution in [0.3, 0.4) is 0 Å². The minimum atomic E-state index is -4.14. The highest BCUT2D eigenvalue weighted by atomic mass is 32.2. The van der Waals surface area contributed by atoms with Crippen LogP contribution in [0.4, 0.5) is 5.95 Å². The average molecular weight is 570 g/mol. The molecule has 0 saturated heterocycles. The standard InChI is InChI=1S/C26H31N7O6S/c1-7-39-24(19-15-27-16(2)14-28-19)17(3)40(34,35)32-26-31-30-25(18-10-8-13-22(29-18)38-6)33(26)23-20(36-4)11-9-12-21(23)37-5/h8-15,17,24H,7H2,1-6H3,(H,31,32)/t17-,24-/m1/s1. The van der Waals surface area contributed by atoms with E-state index in [9.17, 15) is 8.42 Å². The van der Waals surface area contributed by atoms with Gasteiger partial charge in [0.1, 0.15) is 34.2 Å². The van der Waals surface area contributed by atoms with E-state index in [1.807, 2.05) is 0 Å². The number of aryl methyl sites for hydroxylation is 1. The van der Waals surface area contributed by atoms with E-state index < -0.39 is 21.4 Å². The average Bonchev–Trinajstić information content (AvgIpc) is 3.37. The number of nitrogens with one attached hydrogen (secondary N) is 1. The van der Waals surface area contributed by atoms with E-state index in [4.69, 9.17) is 18.9 Å². The van der Waals surface area contributed by atoms with Crippen molar-refractivity contribution in [3.8, 4) is 34.6 Å². The fourth-order valence-electron chi connectivity index (χ4n) is 4.01. The summed E-state index contributed by atoms with van der Waals surface area (Å²) in [5.41, 5.74) is 1.83. The second-order valence-electron chi connectivity index (χ2n) is 8.57. The minimum Gasteiger partial charge on any atom is -0.494 e. The summed E-state index contributed by atoms with van der Waals surface area (Å²) < 4.78 is 53.9. The van der Waals surface area contributed by atoms with Crippen molar-refractivity contribution >= 4 is 16.0 Å². The third kappa shape index (κ3) is 5.82. The molecule has 3 aromatic heterocycles. The van der Waals surface area contributed by atoms with Gasteiger partial charge in [-0.2, -0.15) is 0 Å². The van der Waals surface area contributed by atoms with Gasteiger partial charge in [-0.1, -0.05) is 12.1 Å². The molecule has 4 aromatic rings. The predicted octanol–water partition coefficient (Wildman–Crippen LogP) is 3.36. The third-order valence-corrected chi connectivity index (χ3v) is 7.73. The maximum Gasteiger partial charge on any atom is 0.243 e. The minimum absolute atomic E-state index is 0.112. The van der Waals surface area contributed by atoms with Crippen LogP contribution in [0.15, 0.2) is 48.8 Å². The van der Waals surface area contributed by atoms with Crippen LogP contribution in [0.25, 0.3) is 17.2 Å². The van der Waals surface area contributed by atoms with E-state index >= 15 is 0 Å². The maximum atomic E-state index is 13.8. The van der Waals surface area contributed by atoms with Gasteiger partial charge in [0, 0.05) is 18.9 Å². The molecule has 4 rings (SSSR count). The van der Waals surface area contributed by atoms with Crippen LogP contribution < -0.4 is 18.9 Å². The van der Waals surface area contributed by atoms with E-state index in [1.54, 1.807) is 56.4 Å². The van der Waals surface area contributed by atoms with Crippen LogP contribution in [0, 0.1) is 6.92 Å². The molecule has 2 atom stereocenters. The summed E-state index contributed by atoms with van der Waals surface area (Å²) in [6.45, 7) is 5.36. The number of nitrogens with zero attached hydrogens (tertiary/aromatic N) is 6. The summed E-state index contributed by atoms with van der Waals surface area (Å²) in [6, 6.07) is 10.3. The molecule has 0 aliphatic carbocycles. The maximum absolute atomic E-state index is 13.8. The summed E-state index contributed by atoms with van der Waals surface area (Å²) in [6.07, 6.45) is 2.18. The van der Waals surface area contributed by atoms with Gasteiger partial charge in [0.2, 0.25) is 21.9 Å². The highest BCUT2D eigenvalue weighted by Crippen LogP contribution is 2.38. The monoisotopic (exact) mass is 569 g/mol. The lowest BCUT2D eigenvalue weighted by atomic mass is 10.2. The van der Waals surface area contributed by atoms with Gasteiger partial charge in [-0.05, 0) is 39.0 Å². The summed E-state index contributed by atoms with van der Waals surface area (Å²) in [5.74, 6) is 1.23. The molecule has 0 amide bonds. The molecule has 14 heteroatoms. The SMILES string of the molecule is CCO[C@@H](c1cnc(C)cn1)[C@@H](C)S(=O)(=O)Nc1nnc(-c2cccc(OC)n2)n1-c1c(OC)cccc1OC. The molecule has 40 heavy (non-hydrogen) atoms. The first-order valence-corrected chi connectivity index (χ1v) is 13.9. The van der Waals surface area contributed by atoms with Crippen LogP contribution in [0.2, 0.25) is 0 Å². The normalized spacial score (nSPS) is 12.9. The first-order chi connectivity index (χ1) is 19.2. The second kappa shape index (κ2) is 12.3. The number of anilines is 1. The molecular weight excluding hydrogens is 538 g/mol. The van der Waals surface area contributed by atoms with Crippen molar-refractivity contribution in [3.63, 3.8) is 0 Å². The van der Waals surface area contributed by atoms with Crippen molar-refractivity contribution in [3.05, 3.63) is 60.2 Å². The van der Waals surface area contributed by atoms with Crippen LogP contribution in [0.5, 0.6) is 17.4 Å². The zero-order valence-electron chi connectivity index (χ0n) is 23.0. The smallest absolute Gasteiger partial charge is 0.243 e. The Morgan fingerprint density at radius 1 is 0.950 bits per heavy atom. The molecule has 1 N–H and O–H groups in total.